The van der Waals surface area contributed by atoms with Gasteiger partial charge in [0, 0.05) is 25.0 Å². The van der Waals surface area contributed by atoms with Crippen LogP contribution in [-0.2, 0) is 6.54 Å². The standard InChI is InChI=1S/C11H19N3O/c1-10(2)12-6-3-4-8-14-9-5-7-13-11(14)15/h5,7,9-10,12H,3-4,6,8H2,1-2H3. The number of hydrogen-bond donors (Lipinski definition) is 1. The summed E-state index contributed by atoms with van der Waals surface area (Å²) < 4.78 is 1.65. The van der Waals surface area contributed by atoms with Crippen LogP contribution in [0.3, 0.4) is 0 Å². The van der Waals surface area contributed by atoms with Gasteiger partial charge in [0.25, 0.3) is 0 Å². The van der Waals surface area contributed by atoms with E-state index in [-0.39, 0.29) is 5.69 Å². The van der Waals surface area contributed by atoms with Crippen molar-refractivity contribution in [2.75, 3.05) is 6.54 Å². The van der Waals surface area contributed by atoms with Crippen LogP contribution in [0.15, 0.2) is 23.3 Å². The molecule has 0 aliphatic heterocycles. The van der Waals surface area contributed by atoms with E-state index >= 15 is 0 Å². The summed E-state index contributed by atoms with van der Waals surface area (Å²) in [6.45, 7) is 6.02. The summed E-state index contributed by atoms with van der Waals surface area (Å²) in [5, 5.41) is 3.34. The Morgan fingerprint density at radius 1 is 1.47 bits per heavy atom. The molecule has 0 saturated carbocycles. The molecule has 0 saturated heterocycles. The van der Waals surface area contributed by atoms with Crippen LogP contribution in [0.25, 0.3) is 0 Å². The molecule has 0 aliphatic rings. The fourth-order valence-corrected chi connectivity index (χ4v) is 1.36. The molecule has 1 aromatic rings. The lowest BCUT2D eigenvalue weighted by Crippen LogP contribution is -2.25. The van der Waals surface area contributed by atoms with Crippen molar-refractivity contribution in [3.05, 3.63) is 28.9 Å². The predicted molar refractivity (Wildman–Crippen MR) is 60.9 cm³/mol. The van der Waals surface area contributed by atoms with E-state index in [2.05, 4.69) is 24.1 Å². The summed E-state index contributed by atoms with van der Waals surface area (Å²) in [6.07, 6.45) is 5.40. The third kappa shape index (κ3) is 4.74. The number of unbranched alkanes of at least 4 members (excludes halogenated alkanes) is 1. The Labute approximate surface area is 90.3 Å². The molecular formula is C11H19N3O. The van der Waals surface area contributed by atoms with Crippen molar-refractivity contribution in [2.45, 2.75) is 39.3 Å². The van der Waals surface area contributed by atoms with Gasteiger partial charge in [-0.15, -0.1) is 0 Å². The van der Waals surface area contributed by atoms with Gasteiger partial charge >= 0.3 is 5.69 Å². The molecule has 1 N–H and O–H groups in total. The van der Waals surface area contributed by atoms with Gasteiger partial charge in [-0.1, -0.05) is 13.8 Å². The normalized spacial score (nSPS) is 10.9. The summed E-state index contributed by atoms with van der Waals surface area (Å²) in [4.78, 5) is 14.9. The molecule has 1 aromatic heterocycles. The van der Waals surface area contributed by atoms with Gasteiger partial charge in [0.15, 0.2) is 0 Å². The predicted octanol–water partition coefficient (Wildman–Crippen LogP) is 1.02. The van der Waals surface area contributed by atoms with Gasteiger partial charge in [0.05, 0.1) is 0 Å². The molecule has 0 aromatic carbocycles. The Balaban J connectivity index is 2.21. The number of aryl methyl sites for hydroxylation is 1. The molecule has 4 nitrogen and oxygen atoms in total. The first-order valence-corrected chi connectivity index (χ1v) is 5.45. The van der Waals surface area contributed by atoms with Crippen molar-refractivity contribution in [1.82, 2.24) is 14.9 Å². The van der Waals surface area contributed by atoms with Crippen molar-refractivity contribution in [2.24, 2.45) is 0 Å². The Kier molecular flexibility index (Phi) is 5.04. The van der Waals surface area contributed by atoms with Gasteiger partial charge in [-0.2, -0.15) is 0 Å². The van der Waals surface area contributed by atoms with Crippen LogP contribution in [0.5, 0.6) is 0 Å². The fourth-order valence-electron chi connectivity index (χ4n) is 1.36. The van der Waals surface area contributed by atoms with Gasteiger partial charge in [-0.25, -0.2) is 9.78 Å². The van der Waals surface area contributed by atoms with Crippen LogP contribution in [0.4, 0.5) is 0 Å². The zero-order valence-corrected chi connectivity index (χ0v) is 9.44. The van der Waals surface area contributed by atoms with Crippen LogP contribution in [-0.4, -0.2) is 22.1 Å². The summed E-state index contributed by atoms with van der Waals surface area (Å²) >= 11 is 0. The summed E-state index contributed by atoms with van der Waals surface area (Å²) in [7, 11) is 0. The van der Waals surface area contributed by atoms with E-state index < -0.39 is 0 Å². The molecule has 0 amide bonds. The molecule has 4 heteroatoms. The van der Waals surface area contributed by atoms with Gasteiger partial charge in [-0.05, 0) is 25.5 Å². The van der Waals surface area contributed by atoms with Crippen molar-refractivity contribution < 1.29 is 0 Å². The highest BCUT2D eigenvalue weighted by atomic mass is 16.1. The maximum atomic E-state index is 11.2. The Morgan fingerprint density at radius 3 is 2.93 bits per heavy atom. The van der Waals surface area contributed by atoms with Crippen LogP contribution in [0, 0.1) is 0 Å². The average molecular weight is 209 g/mol. The van der Waals surface area contributed by atoms with Crippen LogP contribution in [0.1, 0.15) is 26.7 Å². The van der Waals surface area contributed by atoms with Crippen LogP contribution < -0.4 is 11.0 Å². The first-order chi connectivity index (χ1) is 7.20. The number of aromatic nitrogens is 2. The van der Waals surface area contributed by atoms with E-state index in [0.717, 1.165) is 25.9 Å². The molecule has 0 unspecified atom stereocenters. The van der Waals surface area contributed by atoms with Gasteiger partial charge < -0.3 is 5.32 Å². The van der Waals surface area contributed by atoms with E-state index in [1.54, 1.807) is 16.8 Å². The minimum Gasteiger partial charge on any atom is -0.315 e. The smallest absolute Gasteiger partial charge is 0.315 e. The third-order valence-electron chi connectivity index (χ3n) is 2.16. The summed E-state index contributed by atoms with van der Waals surface area (Å²) in [6, 6.07) is 2.32. The van der Waals surface area contributed by atoms with Gasteiger partial charge in [0.2, 0.25) is 0 Å². The van der Waals surface area contributed by atoms with Gasteiger partial charge in [0.1, 0.15) is 0 Å². The highest BCUT2D eigenvalue weighted by Gasteiger charge is 1.95. The average Bonchev–Trinajstić information content (AvgIpc) is 2.20. The van der Waals surface area contributed by atoms with E-state index in [1.807, 2.05) is 0 Å². The molecule has 0 aliphatic carbocycles. The monoisotopic (exact) mass is 209 g/mol. The minimum atomic E-state index is -0.158. The molecule has 1 heterocycles. The number of rotatable bonds is 6. The highest BCUT2D eigenvalue weighted by Crippen LogP contribution is 1.91. The molecule has 0 fully saturated rings. The lowest BCUT2D eigenvalue weighted by molar-refractivity contribution is 0.523. The fraction of sp³-hybridized carbons (Fsp3) is 0.636. The molecule has 0 radical (unpaired) electrons. The highest BCUT2D eigenvalue weighted by molar-refractivity contribution is 4.80. The second-order valence-corrected chi connectivity index (χ2v) is 3.91. The Hall–Kier alpha value is -1.16. The maximum Gasteiger partial charge on any atom is 0.347 e. The van der Waals surface area contributed by atoms with Crippen molar-refractivity contribution >= 4 is 0 Å². The molecule has 15 heavy (non-hydrogen) atoms. The molecular weight excluding hydrogens is 190 g/mol. The number of hydrogen-bond acceptors (Lipinski definition) is 3. The first-order valence-electron chi connectivity index (χ1n) is 5.45. The van der Waals surface area contributed by atoms with Crippen LogP contribution in [0.2, 0.25) is 0 Å². The molecule has 84 valence electrons. The SMILES string of the molecule is CC(C)NCCCCn1cccnc1=O. The lowest BCUT2D eigenvalue weighted by atomic mass is 10.3. The molecule has 0 spiro atoms. The Bertz CT molecular complexity index is 333. The molecule has 1 rings (SSSR count). The molecule has 0 atom stereocenters. The van der Waals surface area contributed by atoms with Gasteiger partial charge in [-0.3, -0.25) is 4.57 Å². The van der Waals surface area contributed by atoms with Crippen molar-refractivity contribution in [1.29, 1.82) is 0 Å². The van der Waals surface area contributed by atoms with E-state index in [4.69, 9.17) is 0 Å². The zero-order chi connectivity index (χ0) is 11.1. The Morgan fingerprint density at radius 2 is 2.27 bits per heavy atom. The van der Waals surface area contributed by atoms with E-state index in [1.165, 1.54) is 6.20 Å². The summed E-state index contributed by atoms with van der Waals surface area (Å²) in [5.41, 5.74) is -0.158. The maximum absolute atomic E-state index is 11.2. The second kappa shape index (κ2) is 6.35. The van der Waals surface area contributed by atoms with E-state index in [9.17, 15) is 4.79 Å². The minimum absolute atomic E-state index is 0.158. The lowest BCUT2D eigenvalue weighted by Gasteiger charge is -2.08. The third-order valence-corrected chi connectivity index (χ3v) is 2.16. The largest absolute Gasteiger partial charge is 0.347 e. The zero-order valence-electron chi connectivity index (χ0n) is 9.44. The number of nitrogens with one attached hydrogen (secondary N) is 1. The number of nitrogens with zero attached hydrogens (tertiary/aromatic N) is 2. The summed E-state index contributed by atoms with van der Waals surface area (Å²) in [5.74, 6) is 0. The van der Waals surface area contributed by atoms with Crippen molar-refractivity contribution in [3.63, 3.8) is 0 Å². The van der Waals surface area contributed by atoms with Crippen molar-refractivity contribution in [3.8, 4) is 0 Å². The molecule has 0 bridgehead atoms. The van der Waals surface area contributed by atoms with Crippen LogP contribution >= 0.6 is 0 Å². The first kappa shape index (κ1) is 11.9. The van der Waals surface area contributed by atoms with E-state index in [0.29, 0.717) is 6.04 Å². The topological polar surface area (TPSA) is 46.9 Å². The quantitative estimate of drug-likeness (QED) is 0.712. The second-order valence-electron chi connectivity index (χ2n) is 3.91.